The van der Waals surface area contributed by atoms with Crippen molar-refractivity contribution in [1.82, 2.24) is 9.97 Å². The number of thiophene rings is 1. The Morgan fingerprint density at radius 3 is 2.71 bits per heavy atom. The van der Waals surface area contributed by atoms with Gasteiger partial charge in [0.05, 0.1) is 0 Å². The van der Waals surface area contributed by atoms with Crippen molar-refractivity contribution in [2.75, 3.05) is 0 Å². The Kier molecular flexibility index (Phi) is 3.30. The second kappa shape index (κ2) is 4.88. The molecule has 0 fully saturated rings. The molecule has 4 nitrogen and oxygen atoms in total. The van der Waals surface area contributed by atoms with Gasteiger partial charge in [-0.25, -0.2) is 14.8 Å². The molecule has 0 aliphatic carbocycles. The number of carboxylic acid groups (broad SMARTS) is 1. The Morgan fingerprint density at radius 2 is 2.06 bits per heavy atom. The first-order chi connectivity index (χ1) is 8.16. The zero-order valence-electron chi connectivity index (χ0n) is 9.12. The van der Waals surface area contributed by atoms with Gasteiger partial charge in [0.2, 0.25) is 0 Å². The molecule has 2 rings (SSSR count). The minimum atomic E-state index is -0.930. The highest BCUT2D eigenvalue weighted by molar-refractivity contribution is 7.16. The van der Waals surface area contributed by atoms with Crippen molar-refractivity contribution >= 4 is 22.9 Å². The van der Waals surface area contributed by atoms with E-state index < -0.39 is 5.97 Å². The van der Waals surface area contributed by atoms with Gasteiger partial charge in [0.15, 0.2) is 0 Å². The second-order valence-corrected chi connectivity index (χ2v) is 4.54. The van der Waals surface area contributed by atoms with Crippen LogP contribution in [0.15, 0.2) is 36.9 Å². The average molecular weight is 246 g/mol. The molecule has 17 heavy (non-hydrogen) atoms. The summed E-state index contributed by atoms with van der Waals surface area (Å²) in [5, 5.41) is 8.68. The number of carbonyl (C=O) groups is 1. The van der Waals surface area contributed by atoms with Crippen LogP contribution in [0, 0.1) is 0 Å². The molecule has 0 aliphatic rings. The normalized spacial score (nSPS) is 11.5. The van der Waals surface area contributed by atoms with Crippen molar-refractivity contribution < 1.29 is 9.90 Å². The maximum atomic E-state index is 10.6. The van der Waals surface area contributed by atoms with Gasteiger partial charge < -0.3 is 5.11 Å². The molecular weight excluding hydrogens is 236 g/mol. The first kappa shape index (κ1) is 11.5. The Labute approximate surface area is 102 Å². The Hall–Kier alpha value is -2.01. The van der Waals surface area contributed by atoms with Gasteiger partial charge in [-0.15, -0.1) is 11.3 Å². The van der Waals surface area contributed by atoms with Crippen molar-refractivity contribution in [2.45, 2.75) is 6.92 Å². The van der Waals surface area contributed by atoms with Crippen molar-refractivity contribution in [3.8, 4) is 10.4 Å². The van der Waals surface area contributed by atoms with E-state index in [2.05, 4.69) is 9.97 Å². The summed E-state index contributed by atoms with van der Waals surface area (Å²) >= 11 is 1.52. The summed E-state index contributed by atoms with van der Waals surface area (Å²) in [6, 6.07) is 3.85. The fourth-order valence-electron chi connectivity index (χ4n) is 1.39. The fourth-order valence-corrected chi connectivity index (χ4v) is 2.34. The predicted octanol–water partition coefficient (Wildman–Crippen LogP) is 2.69. The average Bonchev–Trinajstić information content (AvgIpc) is 2.78. The van der Waals surface area contributed by atoms with E-state index >= 15 is 0 Å². The molecule has 0 aliphatic heterocycles. The number of carboxylic acids is 1. The maximum absolute atomic E-state index is 10.6. The van der Waals surface area contributed by atoms with Crippen LogP contribution in [-0.4, -0.2) is 21.0 Å². The van der Waals surface area contributed by atoms with Crippen LogP contribution in [0.3, 0.4) is 0 Å². The number of hydrogen-bond acceptors (Lipinski definition) is 4. The highest BCUT2D eigenvalue weighted by Gasteiger charge is 2.05. The summed E-state index contributed by atoms with van der Waals surface area (Å²) in [6.07, 6.45) is 6.16. The van der Waals surface area contributed by atoms with E-state index in [1.807, 2.05) is 12.1 Å². The molecule has 1 N–H and O–H groups in total. The molecule has 0 saturated carbocycles. The lowest BCUT2D eigenvalue weighted by Gasteiger charge is -1.95. The van der Waals surface area contributed by atoms with Gasteiger partial charge in [-0.2, -0.15) is 0 Å². The molecule has 5 heteroatoms. The first-order valence-electron chi connectivity index (χ1n) is 4.93. The van der Waals surface area contributed by atoms with Gasteiger partial charge in [0, 0.05) is 33.8 Å². The van der Waals surface area contributed by atoms with Crippen molar-refractivity contribution in [3.63, 3.8) is 0 Å². The van der Waals surface area contributed by atoms with E-state index in [0.717, 1.165) is 20.9 Å². The molecule has 0 aromatic carbocycles. The van der Waals surface area contributed by atoms with E-state index in [0.29, 0.717) is 0 Å². The van der Waals surface area contributed by atoms with E-state index in [-0.39, 0.29) is 0 Å². The van der Waals surface area contributed by atoms with Gasteiger partial charge in [-0.05, 0) is 24.6 Å². The molecule has 0 spiro atoms. The van der Waals surface area contributed by atoms with Gasteiger partial charge >= 0.3 is 5.97 Å². The van der Waals surface area contributed by atoms with Crippen LogP contribution < -0.4 is 0 Å². The molecule has 2 heterocycles. The smallest absolute Gasteiger partial charge is 0.328 e. The number of rotatable bonds is 3. The number of aromatic nitrogens is 2. The summed E-state index contributed by atoms with van der Waals surface area (Å²) < 4.78 is 0. The number of allylic oxidation sites excluding steroid dienone is 1. The zero-order valence-corrected chi connectivity index (χ0v) is 9.94. The number of nitrogens with zero attached hydrogens (tertiary/aromatic N) is 2. The minimum Gasteiger partial charge on any atom is -0.478 e. The van der Waals surface area contributed by atoms with Crippen LogP contribution in [0.1, 0.15) is 11.8 Å². The lowest BCUT2D eigenvalue weighted by Crippen LogP contribution is -1.88. The molecule has 2 aromatic heterocycles. The quantitative estimate of drug-likeness (QED) is 0.846. The standard InChI is InChI=1S/C12H10N2O2S/c1-8(4-12(15)16)10-2-3-11(17-10)9-5-13-7-14-6-9/h2-7H,1H3,(H,15,16)/b8-4+. The Bertz CT molecular complexity index is 561. The molecule has 0 unspecified atom stereocenters. The topological polar surface area (TPSA) is 63.1 Å². The molecule has 0 saturated heterocycles. The van der Waals surface area contributed by atoms with Gasteiger partial charge in [0.1, 0.15) is 6.33 Å². The van der Waals surface area contributed by atoms with Crippen LogP contribution in [0.25, 0.3) is 16.0 Å². The Balaban J connectivity index is 2.31. The number of hydrogen-bond donors (Lipinski definition) is 1. The third-order valence-electron chi connectivity index (χ3n) is 2.18. The predicted molar refractivity (Wildman–Crippen MR) is 66.6 cm³/mol. The molecule has 2 aromatic rings. The van der Waals surface area contributed by atoms with Crippen molar-refractivity contribution in [1.29, 1.82) is 0 Å². The fraction of sp³-hybridized carbons (Fsp3) is 0.0833. The van der Waals surface area contributed by atoms with Gasteiger partial charge in [-0.1, -0.05) is 0 Å². The summed E-state index contributed by atoms with van der Waals surface area (Å²) in [7, 11) is 0. The SMILES string of the molecule is C/C(=C\C(=O)O)c1ccc(-c2cncnc2)s1. The first-order valence-corrected chi connectivity index (χ1v) is 5.75. The monoisotopic (exact) mass is 246 g/mol. The summed E-state index contributed by atoms with van der Waals surface area (Å²) in [4.78, 5) is 20.4. The molecule has 0 amide bonds. The van der Waals surface area contributed by atoms with Crippen LogP contribution in [-0.2, 0) is 4.79 Å². The lowest BCUT2D eigenvalue weighted by atomic mass is 10.2. The number of aliphatic carboxylic acids is 1. The molecule has 0 radical (unpaired) electrons. The van der Waals surface area contributed by atoms with Crippen LogP contribution in [0.2, 0.25) is 0 Å². The summed E-state index contributed by atoms with van der Waals surface area (Å²) in [5.41, 5.74) is 1.68. The highest BCUT2D eigenvalue weighted by atomic mass is 32.1. The maximum Gasteiger partial charge on any atom is 0.328 e. The van der Waals surface area contributed by atoms with Crippen LogP contribution in [0.4, 0.5) is 0 Å². The van der Waals surface area contributed by atoms with Gasteiger partial charge in [0.25, 0.3) is 0 Å². The molecular formula is C12H10N2O2S. The van der Waals surface area contributed by atoms with E-state index in [4.69, 9.17) is 5.11 Å². The van der Waals surface area contributed by atoms with Gasteiger partial charge in [-0.3, -0.25) is 0 Å². The zero-order chi connectivity index (χ0) is 12.3. The third kappa shape index (κ3) is 2.76. The molecule has 0 atom stereocenters. The molecule has 0 bridgehead atoms. The third-order valence-corrected chi connectivity index (χ3v) is 3.45. The van der Waals surface area contributed by atoms with E-state index in [9.17, 15) is 4.79 Å². The Morgan fingerprint density at radius 1 is 1.35 bits per heavy atom. The van der Waals surface area contributed by atoms with Crippen molar-refractivity contribution in [2.24, 2.45) is 0 Å². The summed E-state index contributed by atoms with van der Waals surface area (Å²) in [6.45, 7) is 1.78. The van der Waals surface area contributed by atoms with E-state index in [1.54, 1.807) is 19.3 Å². The second-order valence-electron chi connectivity index (χ2n) is 3.46. The minimum absolute atomic E-state index is 0.741. The summed E-state index contributed by atoms with van der Waals surface area (Å²) in [5.74, 6) is -0.930. The van der Waals surface area contributed by atoms with Crippen LogP contribution >= 0.6 is 11.3 Å². The molecule has 86 valence electrons. The van der Waals surface area contributed by atoms with Crippen LogP contribution in [0.5, 0.6) is 0 Å². The largest absolute Gasteiger partial charge is 0.478 e. The van der Waals surface area contributed by atoms with E-state index in [1.165, 1.54) is 23.7 Å². The highest BCUT2D eigenvalue weighted by Crippen LogP contribution is 2.30. The van der Waals surface area contributed by atoms with Crippen molar-refractivity contribution in [3.05, 3.63) is 41.8 Å². The lowest BCUT2D eigenvalue weighted by molar-refractivity contribution is -0.131.